The first-order chi connectivity index (χ1) is 16.5. The highest BCUT2D eigenvalue weighted by atomic mass is 19.3. The van der Waals surface area contributed by atoms with Crippen LogP contribution in [0.1, 0.15) is 16.1 Å². The number of alkyl halides is 2. The molecule has 1 N–H and O–H groups in total. The first-order valence-corrected chi connectivity index (χ1v) is 10.5. The quantitative estimate of drug-likeness (QED) is 0.426. The molecule has 0 radical (unpaired) electrons. The summed E-state index contributed by atoms with van der Waals surface area (Å²) in [7, 11) is 1.36. The van der Waals surface area contributed by atoms with E-state index in [1.165, 1.54) is 23.9 Å². The Labute approximate surface area is 193 Å². The van der Waals surface area contributed by atoms with Gasteiger partial charge in [0.05, 0.1) is 18.2 Å². The van der Waals surface area contributed by atoms with Crippen LogP contribution in [0.25, 0.3) is 16.5 Å². The van der Waals surface area contributed by atoms with E-state index in [1.54, 1.807) is 54.6 Å². The molecular formula is C25H21F2N3O4. The van der Waals surface area contributed by atoms with Crippen LogP contribution in [-0.4, -0.2) is 36.0 Å². The number of para-hydroxylation sites is 1. The Balaban J connectivity index is 1.57. The number of hydrogen-bond acceptors (Lipinski definition) is 5. The molecule has 9 heteroatoms. The van der Waals surface area contributed by atoms with E-state index in [-0.39, 0.29) is 29.3 Å². The zero-order valence-electron chi connectivity index (χ0n) is 18.2. The van der Waals surface area contributed by atoms with E-state index in [4.69, 9.17) is 4.74 Å². The Bertz CT molecular complexity index is 1370. The number of carbonyl (C=O) groups is 1. The molecule has 0 spiro atoms. The minimum atomic E-state index is -2.98. The van der Waals surface area contributed by atoms with Crippen molar-refractivity contribution in [3.05, 3.63) is 94.4 Å². The lowest BCUT2D eigenvalue weighted by Gasteiger charge is -2.13. The summed E-state index contributed by atoms with van der Waals surface area (Å²) < 4.78 is 36.1. The molecule has 1 amide bonds. The molecule has 7 nitrogen and oxygen atoms in total. The summed E-state index contributed by atoms with van der Waals surface area (Å²) in [5.41, 5.74) is 0.986. The number of rotatable bonds is 8. The lowest BCUT2D eigenvalue weighted by molar-refractivity contribution is -0.0512. The van der Waals surface area contributed by atoms with Gasteiger partial charge in [0.2, 0.25) is 0 Å². The Morgan fingerprint density at radius 1 is 1.00 bits per heavy atom. The van der Waals surface area contributed by atoms with Crippen LogP contribution in [0, 0.1) is 0 Å². The molecule has 1 heterocycles. The third kappa shape index (κ3) is 4.88. The Hall–Kier alpha value is -4.27. The first kappa shape index (κ1) is 22.9. The molecule has 0 atom stereocenters. The largest absolute Gasteiger partial charge is 0.493 e. The lowest BCUT2D eigenvalue weighted by Crippen LogP contribution is -2.31. The van der Waals surface area contributed by atoms with Crippen molar-refractivity contribution < 1.29 is 23.0 Å². The van der Waals surface area contributed by atoms with Gasteiger partial charge in [-0.05, 0) is 42.3 Å². The van der Waals surface area contributed by atoms with E-state index in [9.17, 15) is 18.4 Å². The minimum absolute atomic E-state index is 0.0797. The van der Waals surface area contributed by atoms with E-state index in [2.05, 4.69) is 15.2 Å². The molecule has 0 bridgehead atoms. The van der Waals surface area contributed by atoms with E-state index in [1.807, 2.05) is 6.07 Å². The van der Waals surface area contributed by atoms with Gasteiger partial charge >= 0.3 is 6.61 Å². The van der Waals surface area contributed by atoms with Crippen LogP contribution in [0.4, 0.5) is 8.78 Å². The van der Waals surface area contributed by atoms with Crippen LogP contribution in [0.5, 0.6) is 11.5 Å². The molecule has 0 aliphatic heterocycles. The van der Waals surface area contributed by atoms with Crippen molar-refractivity contribution in [1.29, 1.82) is 0 Å². The number of nitrogens with one attached hydrogen (secondary N) is 1. The highest BCUT2D eigenvalue weighted by molar-refractivity contribution is 6.04. The standard InChI is InChI=1S/C25H21F2N3O4/c1-33-20-12-11-16(15-21(20)34-25(26)27)13-14-28-23(31)22-18-9-5-6-10-19(18)24(32)30(29-22)17-7-3-2-4-8-17/h2-12,15,25H,13-14H2,1H3,(H,28,31). The predicted molar refractivity (Wildman–Crippen MR) is 123 cm³/mol. The number of aromatic nitrogens is 2. The fourth-order valence-corrected chi connectivity index (χ4v) is 3.57. The van der Waals surface area contributed by atoms with Gasteiger partial charge < -0.3 is 14.8 Å². The molecule has 3 aromatic carbocycles. The second kappa shape index (κ2) is 10.1. The average Bonchev–Trinajstić information content (AvgIpc) is 2.85. The normalized spacial score (nSPS) is 10.9. The number of halogens is 2. The maximum atomic E-state index is 13.0. The number of methoxy groups -OCH3 is 1. The monoisotopic (exact) mass is 465 g/mol. The van der Waals surface area contributed by atoms with Crippen LogP contribution >= 0.6 is 0 Å². The molecule has 1 aromatic heterocycles. The van der Waals surface area contributed by atoms with E-state index in [0.717, 1.165) is 0 Å². The Morgan fingerprint density at radius 3 is 2.41 bits per heavy atom. The second-order valence-electron chi connectivity index (χ2n) is 7.32. The molecule has 0 saturated heterocycles. The fraction of sp³-hybridized carbons (Fsp3) is 0.160. The molecule has 4 rings (SSSR count). The Kier molecular flexibility index (Phi) is 6.82. The van der Waals surface area contributed by atoms with E-state index in [0.29, 0.717) is 28.4 Å². The van der Waals surface area contributed by atoms with Gasteiger partial charge in [0, 0.05) is 11.9 Å². The van der Waals surface area contributed by atoms with Crippen LogP contribution < -0.4 is 20.3 Å². The van der Waals surface area contributed by atoms with E-state index < -0.39 is 12.5 Å². The van der Waals surface area contributed by atoms with Crippen molar-refractivity contribution in [2.24, 2.45) is 0 Å². The van der Waals surface area contributed by atoms with Gasteiger partial charge in [-0.3, -0.25) is 9.59 Å². The molecule has 0 unspecified atom stereocenters. The molecule has 174 valence electrons. The summed E-state index contributed by atoms with van der Waals surface area (Å²) in [6, 6.07) is 20.3. The van der Waals surface area contributed by atoms with Crippen molar-refractivity contribution in [3.63, 3.8) is 0 Å². The van der Waals surface area contributed by atoms with Gasteiger partial charge in [-0.1, -0.05) is 42.5 Å². The summed E-state index contributed by atoms with van der Waals surface area (Å²) in [4.78, 5) is 26.0. The van der Waals surface area contributed by atoms with Crippen molar-refractivity contribution in [2.45, 2.75) is 13.0 Å². The van der Waals surface area contributed by atoms with Crippen molar-refractivity contribution in [1.82, 2.24) is 15.1 Å². The SMILES string of the molecule is COc1ccc(CCNC(=O)c2nn(-c3ccccc3)c(=O)c3ccccc23)cc1OC(F)F. The Morgan fingerprint density at radius 2 is 1.71 bits per heavy atom. The minimum Gasteiger partial charge on any atom is -0.493 e. The van der Waals surface area contributed by atoms with Gasteiger partial charge in [-0.25, -0.2) is 0 Å². The second-order valence-corrected chi connectivity index (χ2v) is 7.32. The number of amides is 1. The molecule has 4 aromatic rings. The van der Waals surface area contributed by atoms with Gasteiger partial charge in [-0.15, -0.1) is 0 Å². The lowest BCUT2D eigenvalue weighted by atomic mass is 10.1. The number of carbonyl (C=O) groups excluding carboxylic acids is 1. The number of hydrogen-bond donors (Lipinski definition) is 1. The van der Waals surface area contributed by atoms with Gasteiger partial charge in [0.15, 0.2) is 17.2 Å². The number of nitrogens with zero attached hydrogens (tertiary/aromatic N) is 2. The molecule has 0 fully saturated rings. The van der Waals surface area contributed by atoms with Gasteiger partial charge in [0.25, 0.3) is 11.5 Å². The van der Waals surface area contributed by atoms with Crippen LogP contribution in [0.3, 0.4) is 0 Å². The zero-order valence-corrected chi connectivity index (χ0v) is 18.2. The summed E-state index contributed by atoms with van der Waals surface area (Å²) in [5, 5.41) is 7.94. The number of fused-ring (bicyclic) bond motifs is 1. The van der Waals surface area contributed by atoms with Crippen LogP contribution in [0.15, 0.2) is 77.6 Å². The maximum Gasteiger partial charge on any atom is 0.387 e. The smallest absolute Gasteiger partial charge is 0.387 e. The van der Waals surface area contributed by atoms with Crippen molar-refractivity contribution in [3.8, 4) is 17.2 Å². The number of ether oxygens (including phenoxy) is 2. The average molecular weight is 465 g/mol. The number of benzene rings is 3. The molecule has 34 heavy (non-hydrogen) atoms. The van der Waals surface area contributed by atoms with Crippen molar-refractivity contribution in [2.75, 3.05) is 13.7 Å². The van der Waals surface area contributed by atoms with Gasteiger partial charge in [-0.2, -0.15) is 18.6 Å². The molecule has 0 saturated carbocycles. The molecular weight excluding hydrogens is 444 g/mol. The third-order valence-electron chi connectivity index (χ3n) is 5.16. The summed E-state index contributed by atoms with van der Waals surface area (Å²) in [5.74, 6) is -0.353. The fourth-order valence-electron chi connectivity index (χ4n) is 3.57. The topological polar surface area (TPSA) is 82.5 Å². The zero-order chi connectivity index (χ0) is 24.1. The highest BCUT2D eigenvalue weighted by Crippen LogP contribution is 2.29. The molecule has 0 aliphatic rings. The van der Waals surface area contributed by atoms with E-state index >= 15 is 0 Å². The molecule has 0 aliphatic carbocycles. The summed E-state index contributed by atoms with van der Waals surface area (Å²) in [6.45, 7) is -2.77. The van der Waals surface area contributed by atoms with Gasteiger partial charge in [0.1, 0.15) is 0 Å². The highest BCUT2D eigenvalue weighted by Gasteiger charge is 2.17. The van der Waals surface area contributed by atoms with Crippen LogP contribution in [-0.2, 0) is 6.42 Å². The summed E-state index contributed by atoms with van der Waals surface area (Å²) >= 11 is 0. The van der Waals surface area contributed by atoms with Crippen molar-refractivity contribution >= 4 is 16.7 Å². The third-order valence-corrected chi connectivity index (χ3v) is 5.16. The first-order valence-electron chi connectivity index (χ1n) is 10.5. The van der Waals surface area contributed by atoms with Crippen LogP contribution in [0.2, 0.25) is 0 Å². The maximum absolute atomic E-state index is 13.0. The predicted octanol–water partition coefficient (Wildman–Crippen LogP) is 3.97. The summed E-state index contributed by atoms with van der Waals surface area (Å²) in [6.07, 6.45) is 0.353.